The summed E-state index contributed by atoms with van der Waals surface area (Å²) in [6.45, 7) is 4.54. The predicted molar refractivity (Wildman–Crippen MR) is 99.9 cm³/mol. The fourth-order valence-electron chi connectivity index (χ4n) is 2.36. The van der Waals surface area contributed by atoms with Crippen molar-refractivity contribution in [3.8, 4) is 11.5 Å². The predicted octanol–water partition coefficient (Wildman–Crippen LogP) is 2.74. The quantitative estimate of drug-likeness (QED) is 0.445. The first-order valence-corrected chi connectivity index (χ1v) is 8.51. The molecular weight excluding hydrogens is 364 g/mol. The molecule has 1 aromatic carbocycles. The van der Waals surface area contributed by atoms with E-state index < -0.39 is 11.8 Å². The number of halogens is 1. The van der Waals surface area contributed by atoms with Crippen molar-refractivity contribution >= 4 is 46.8 Å². The molecule has 25 heavy (non-hydrogen) atoms. The van der Waals surface area contributed by atoms with Gasteiger partial charge in [0.1, 0.15) is 5.57 Å². The summed E-state index contributed by atoms with van der Waals surface area (Å²) in [6.07, 6.45) is 1.48. The maximum absolute atomic E-state index is 12.4. The summed E-state index contributed by atoms with van der Waals surface area (Å²) in [6, 6.07) is 3.30. The number of benzene rings is 1. The van der Waals surface area contributed by atoms with E-state index in [-0.39, 0.29) is 10.7 Å². The molecule has 134 valence electrons. The van der Waals surface area contributed by atoms with Gasteiger partial charge >= 0.3 is 0 Å². The average Bonchev–Trinajstić information content (AvgIpc) is 2.58. The highest BCUT2D eigenvalue weighted by molar-refractivity contribution is 7.80. The Kier molecular flexibility index (Phi) is 6.02. The molecule has 1 aliphatic rings. The zero-order valence-electron chi connectivity index (χ0n) is 14.5. The number of hydrogen-bond donors (Lipinski definition) is 0. The molecule has 0 atom stereocenters. The maximum atomic E-state index is 12.4. The molecule has 0 spiro atoms. The minimum absolute atomic E-state index is 0.00118. The summed E-state index contributed by atoms with van der Waals surface area (Å²) in [7, 11) is 3.05. The van der Waals surface area contributed by atoms with Crippen molar-refractivity contribution in [2.45, 2.75) is 13.8 Å². The van der Waals surface area contributed by atoms with E-state index in [1.165, 1.54) is 30.0 Å². The summed E-state index contributed by atoms with van der Waals surface area (Å²) in [5.41, 5.74) is 0.560. The number of carbonyl (C=O) groups excluding carboxylic acids is 2. The number of amides is 2. The first-order chi connectivity index (χ1) is 11.8. The molecule has 1 aromatic rings. The summed E-state index contributed by atoms with van der Waals surface area (Å²) in [5, 5.41) is 0.500. The molecule has 0 aromatic heterocycles. The Balaban J connectivity index is 2.51. The Bertz CT molecular complexity index is 737. The van der Waals surface area contributed by atoms with Gasteiger partial charge in [0.15, 0.2) is 16.6 Å². The standard InChI is InChI=1S/C17H19ClN2O4S/c1-5-23-13-9-10(8-12(18)14(13)24-6-2)7-11-15(21)19(3)17(25)20(4)16(11)22/h7-9H,5-6H2,1-4H3. The number of rotatable bonds is 5. The molecule has 0 saturated carbocycles. The first-order valence-electron chi connectivity index (χ1n) is 7.72. The van der Waals surface area contributed by atoms with Crippen LogP contribution in [0, 0.1) is 0 Å². The first kappa shape index (κ1) is 19.2. The van der Waals surface area contributed by atoms with E-state index in [1.807, 2.05) is 13.8 Å². The van der Waals surface area contributed by atoms with Gasteiger partial charge in [0.05, 0.1) is 18.2 Å². The minimum atomic E-state index is -0.462. The molecule has 6 nitrogen and oxygen atoms in total. The molecule has 1 fully saturated rings. The van der Waals surface area contributed by atoms with Crippen molar-refractivity contribution in [2.24, 2.45) is 0 Å². The molecule has 0 bridgehead atoms. The molecule has 1 aliphatic heterocycles. The van der Waals surface area contributed by atoms with Gasteiger partial charge in [-0.05, 0) is 49.8 Å². The van der Waals surface area contributed by atoms with Gasteiger partial charge < -0.3 is 9.47 Å². The maximum Gasteiger partial charge on any atom is 0.265 e. The van der Waals surface area contributed by atoms with E-state index in [0.717, 1.165) is 0 Å². The highest BCUT2D eigenvalue weighted by atomic mass is 35.5. The third kappa shape index (κ3) is 3.77. The zero-order valence-corrected chi connectivity index (χ0v) is 16.0. The van der Waals surface area contributed by atoms with Crippen LogP contribution in [-0.2, 0) is 9.59 Å². The number of ether oxygens (including phenoxy) is 2. The van der Waals surface area contributed by atoms with Crippen LogP contribution >= 0.6 is 23.8 Å². The number of nitrogens with zero attached hydrogens (tertiary/aromatic N) is 2. The zero-order chi connectivity index (χ0) is 18.7. The number of hydrogen-bond acceptors (Lipinski definition) is 5. The van der Waals surface area contributed by atoms with E-state index in [4.69, 9.17) is 33.3 Å². The lowest BCUT2D eigenvalue weighted by Crippen LogP contribution is -2.52. The second-order valence-electron chi connectivity index (χ2n) is 5.26. The molecule has 0 aliphatic carbocycles. The van der Waals surface area contributed by atoms with E-state index in [0.29, 0.717) is 35.3 Å². The molecule has 2 amide bonds. The van der Waals surface area contributed by atoms with Crippen LogP contribution in [0.4, 0.5) is 0 Å². The molecular formula is C17H19ClN2O4S. The van der Waals surface area contributed by atoms with Crippen LogP contribution in [0.25, 0.3) is 6.08 Å². The van der Waals surface area contributed by atoms with Crippen LogP contribution in [0.15, 0.2) is 17.7 Å². The summed E-state index contributed by atoms with van der Waals surface area (Å²) >= 11 is 11.3. The Morgan fingerprint density at radius 3 is 2.16 bits per heavy atom. The molecule has 0 unspecified atom stereocenters. The van der Waals surface area contributed by atoms with Crippen molar-refractivity contribution in [3.05, 3.63) is 28.3 Å². The third-order valence-electron chi connectivity index (χ3n) is 3.58. The van der Waals surface area contributed by atoms with Crippen molar-refractivity contribution in [1.29, 1.82) is 0 Å². The third-order valence-corrected chi connectivity index (χ3v) is 4.40. The molecule has 0 radical (unpaired) electrons. The summed E-state index contributed by atoms with van der Waals surface area (Å²) < 4.78 is 11.1. The van der Waals surface area contributed by atoms with E-state index in [2.05, 4.69) is 0 Å². The molecule has 1 saturated heterocycles. The van der Waals surface area contributed by atoms with Gasteiger partial charge in [-0.2, -0.15) is 0 Å². The largest absolute Gasteiger partial charge is 0.490 e. The van der Waals surface area contributed by atoms with Crippen molar-refractivity contribution in [3.63, 3.8) is 0 Å². The second kappa shape index (κ2) is 7.84. The Hall–Kier alpha value is -2.12. The van der Waals surface area contributed by atoms with Gasteiger partial charge in [-0.15, -0.1) is 0 Å². The monoisotopic (exact) mass is 382 g/mol. The van der Waals surface area contributed by atoms with Crippen LogP contribution in [0.5, 0.6) is 11.5 Å². The van der Waals surface area contributed by atoms with E-state index >= 15 is 0 Å². The Morgan fingerprint density at radius 2 is 1.64 bits per heavy atom. The van der Waals surface area contributed by atoms with E-state index in [9.17, 15) is 9.59 Å². The Morgan fingerprint density at radius 1 is 1.08 bits per heavy atom. The number of thiocarbonyl (C=S) groups is 1. The summed E-state index contributed by atoms with van der Waals surface area (Å²) in [4.78, 5) is 27.3. The van der Waals surface area contributed by atoms with Crippen LogP contribution < -0.4 is 9.47 Å². The fourth-order valence-corrected chi connectivity index (χ4v) is 2.80. The average molecular weight is 383 g/mol. The van der Waals surface area contributed by atoms with Crippen LogP contribution in [0.3, 0.4) is 0 Å². The van der Waals surface area contributed by atoms with Gasteiger partial charge in [0.25, 0.3) is 11.8 Å². The SMILES string of the molecule is CCOc1cc(C=C2C(=O)N(C)C(=S)N(C)C2=O)cc(Cl)c1OCC. The lowest BCUT2D eigenvalue weighted by atomic mass is 10.1. The summed E-state index contributed by atoms with van der Waals surface area (Å²) in [5.74, 6) is -0.0337. The van der Waals surface area contributed by atoms with Gasteiger partial charge in [-0.25, -0.2) is 0 Å². The lowest BCUT2D eigenvalue weighted by molar-refractivity contribution is -0.132. The molecule has 0 N–H and O–H groups in total. The molecule has 8 heteroatoms. The highest BCUT2D eigenvalue weighted by Gasteiger charge is 2.35. The highest BCUT2D eigenvalue weighted by Crippen LogP contribution is 2.37. The number of likely N-dealkylation sites (N-methyl/N-ethyl adjacent to an activating group) is 2. The van der Waals surface area contributed by atoms with Crippen molar-refractivity contribution in [2.75, 3.05) is 27.3 Å². The van der Waals surface area contributed by atoms with Crippen LogP contribution in [0.2, 0.25) is 5.02 Å². The van der Waals surface area contributed by atoms with Crippen LogP contribution in [0.1, 0.15) is 19.4 Å². The van der Waals surface area contributed by atoms with Gasteiger partial charge in [0, 0.05) is 14.1 Å². The molecule has 1 heterocycles. The van der Waals surface area contributed by atoms with Gasteiger partial charge in [-0.3, -0.25) is 19.4 Å². The van der Waals surface area contributed by atoms with Gasteiger partial charge in [-0.1, -0.05) is 11.6 Å². The Labute approximate surface area is 156 Å². The fraction of sp³-hybridized carbons (Fsp3) is 0.353. The minimum Gasteiger partial charge on any atom is -0.490 e. The van der Waals surface area contributed by atoms with Crippen molar-refractivity contribution < 1.29 is 19.1 Å². The smallest absolute Gasteiger partial charge is 0.265 e. The van der Waals surface area contributed by atoms with Crippen LogP contribution in [-0.4, -0.2) is 54.0 Å². The van der Waals surface area contributed by atoms with E-state index in [1.54, 1.807) is 12.1 Å². The normalized spacial score (nSPS) is 14.9. The second-order valence-corrected chi connectivity index (χ2v) is 6.04. The van der Waals surface area contributed by atoms with Crippen molar-refractivity contribution in [1.82, 2.24) is 9.80 Å². The topological polar surface area (TPSA) is 59.1 Å². The molecule has 2 rings (SSSR count). The number of carbonyl (C=O) groups is 2. The lowest BCUT2D eigenvalue weighted by Gasteiger charge is -2.31. The van der Waals surface area contributed by atoms with Gasteiger partial charge in [0.2, 0.25) is 0 Å².